The van der Waals surface area contributed by atoms with Gasteiger partial charge in [-0.3, -0.25) is 18.7 Å². The highest BCUT2D eigenvalue weighted by Gasteiger charge is 2.63. The Morgan fingerprint density at radius 1 is 0.746 bits per heavy atom. The second-order valence-electron chi connectivity index (χ2n) is 19.2. The Labute approximate surface area is 405 Å². The molecule has 4 aliphatic rings. The second-order valence-corrected chi connectivity index (χ2v) is 20.1. The van der Waals surface area contributed by atoms with Gasteiger partial charge < -0.3 is 39.9 Å². The average Bonchev–Trinajstić information content (AvgIpc) is 3.81. The highest BCUT2D eigenvalue weighted by Crippen LogP contribution is 2.60. The molecule has 380 valence electrons. The number of hydrogen-bond acceptors (Lipinski definition) is 10. The van der Waals surface area contributed by atoms with Gasteiger partial charge in [-0.05, 0) is 95.9 Å². The lowest BCUT2D eigenvalue weighted by Gasteiger charge is -2.35. The van der Waals surface area contributed by atoms with Crippen LogP contribution in [0.15, 0.2) is 60.8 Å². The van der Waals surface area contributed by atoms with Gasteiger partial charge in [-0.15, -0.1) is 0 Å². The molecule has 4 atom stereocenters. The van der Waals surface area contributed by atoms with E-state index in [4.69, 9.17) is 32.0 Å². The number of rotatable bonds is 10. The van der Waals surface area contributed by atoms with Gasteiger partial charge in [0.15, 0.2) is 0 Å². The molecule has 0 unspecified atom stereocenters. The molecule has 1 saturated carbocycles. The summed E-state index contributed by atoms with van der Waals surface area (Å²) < 4.78 is 106. The van der Waals surface area contributed by atoms with Crippen molar-refractivity contribution in [1.29, 1.82) is 0 Å². The number of nitrogens with one attached hydrogen (secondary N) is 4. The van der Waals surface area contributed by atoms with Crippen molar-refractivity contribution in [3.63, 3.8) is 0 Å². The molecule has 1 spiro atoms. The third-order valence-electron chi connectivity index (χ3n) is 13.8. The van der Waals surface area contributed by atoms with Gasteiger partial charge in [0.25, 0.3) is 0 Å². The molecule has 9 rings (SSSR count). The SMILES string of the molecule is COC(=O)N[C@H](C(=O)N1CC2(CC2)C[C@H]1c1ncc(-c2ccc3c(c2)C(F)(F)C(F)(F)c2cc(-c4ccc5nc([C@@H]6CCCN6C(=O)[C@@H](NC(=O)OC)C(C)C)[nH]c5c4)ccc2-3)[nH]1)C(C)C.O=S(=O)(O)O. The maximum Gasteiger partial charge on any atom is 0.407 e. The molecule has 2 aromatic heterocycles. The number of fused-ring (bicyclic) bond motifs is 4. The lowest BCUT2D eigenvalue weighted by Crippen LogP contribution is -2.51. The summed E-state index contributed by atoms with van der Waals surface area (Å²) in [5, 5.41) is 5.28. The monoisotopic (exact) mass is 1010 g/mol. The van der Waals surface area contributed by atoms with E-state index in [0.29, 0.717) is 71.9 Å². The zero-order valence-electron chi connectivity index (χ0n) is 39.6. The summed E-state index contributed by atoms with van der Waals surface area (Å²) in [5.41, 5.74) is 0.728. The van der Waals surface area contributed by atoms with Gasteiger partial charge in [0.2, 0.25) is 11.8 Å². The van der Waals surface area contributed by atoms with Crippen LogP contribution in [0.4, 0.5) is 27.2 Å². The highest BCUT2D eigenvalue weighted by molar-refractivity contribution is 7.79. The van der Waals surface area contributed by atoms with E-state index in [1.165, 1.54) is 32.5 Å². The van der Waals surface area contributed by atoms with Crippen LogP contribution >= 0.6 is 0 Å². The number of aromatic nitrogens is 4. The molecule has 0 bridgehead atoms. The number of carbonyl (C=O) groups excluding carboxylic acids is 4. The van der Waals surface area contributed by atoms with Crippen LogP contribution in [0.5, 0.6) is 0 Å². The van der Waals surface area contributed by atoms with Gasteiger partial charge in [-0.25, -0.2) is 19.6 Å². The molecule has 0 radical (unpaired) electrons. The lowest BCUT2D eigenvalue weighted by atomic mass is 9.78. The molecule has 3 aromatic carbocycles. The zero-order chi connectivity index (χ0) is 51.5. The minimum Gasteiger partial charge on any atom is -0.453 e. The van der Waals surface area contributed by atoms with Crippen molar-refractivity contribution < 1.29 is 63.7 Å². The van der Waals surface area contributed by atoms with Crippen molar-refractivity contribution in [3.8, 4) is 33.5 Å². The molecule has 3 fully saturated rings. The van der Waals surface area contributed by atoms with Gasteiger partial charge in [0, 0.05) is 29.8 Å². The third-order valence-corrected chi connectivity index (χ3v) is 13.8. The second kappa shape index (κ2) is 18.9. The maximum atomic E-state index is 16.3. The topological polar surface area (TPSA) is 249 Å². The molecular weight excluding hydrogens is 957 g/mol. The van der Waals surface area contributed by atoms with Gasteiger partial charge in [-0.1, -0.05) is 58.0 Å². The predicted molar refractivity (Wildman–Crippen MR) is 249 cm³/mol. The first-order valence-corrected chi connectivity index (χ1v) is 24.4. The largest absolute Gasteiger partial charge is 0.453 e. The van der Waals surface area contributed by atoms with Crippen LogP contribution in [0.3, 0.4) is 0 Å². The number of hydrogen-bond donors (Lipinski definition) is 6. The molecule has 2 aliphatic carbocycles. The third kappa shape index (κ3) is 9.90. The van der Waals surface area contributed by atoms with Gasteiger partial charge in [0.05, 0.1) is 49.2 Å². The number of ether oxygens (including phenoxy) is 2. The number of aromatic amines is 2. The Kier molecular flexibility index (Phi) is 13.5. The van der Waals surface area contributed by atoms with Gasteiger partial charge in [0.1, 0.15) is 23.7 Å². The predicted octanol–water partition coefficient (Wildman–Crippen LogP) is 8.31. The van der Waals surface area contributed by atoms with Crippen molar-refractivity contribution in [2.75, 3.05) is 27.3 Å². The standard InChI is InChI=1S/C48H52F4N8O6.H2O4S/c1-24(2)38(57-44(63)65-5)42(61)59-17-7-8-36(59)41-54-33-14-11-27(20-34(33)55-41)26-9-12-29-30-13-10-28(19-32(30)48(51,52)47(49,50)31(29)18-26)35-22-53-40(56-35)37-21-46(15-16-46)23-60(37)43(62)39(25(3)4)58-45(64)66-6;1-5(2,3)4/h9-14,18-20,22,24-25,36-39H,7-8,15-17,21,23H2,1-6H3,(H,53,56)(H,54,55)(H,57,63)(H,58,64);(H2,1,2,3,4)/t36-,37-,38-,39-;/m0./s1. The number of alkyl carbamates (subject to hydrolysis) is 2. The van der Waals surface area contributed by atoms with Crippen LogP contribution in [-0.2, 0) is 41.3 Å². The Balaban J connectivity index is 0.00000129. The van der Waals surface area contributed by atoms with E-state index >= 15 is 17.6 Å². The van der Waals surface area contributed by atoms with Crippen molar-refractivity contribution in [2.45, 2.75) is 95.8 Å². The normalized spacial score (nSPS) is 20.2. The summed E-state index contributed by atoms with van der Waals surface area (Å²) in [6.07, 6.45) is 3.85. The smallest absolute Gasteiger partial charge is 0.407 e. The number of H-pyrrole nitrogens is 2. The van der Waals surface area contributed by atoms with E-state index in [0.717, 1.165) is 25.0 Å². The summed E-state index contributed by atoms with van der Waals surface area (Å²) in [6.45, 7) is 8.23. The number of methoxy groups -OCH3 is 2. The van der Waals surface area contributed by atoms with E-state index in [-0.39, 0.29) is 45.8 Å². The lowest BCUT2D eigenvalue weighted by molar-refractivity contribution is -0.225. The van der Waals surface area contributed by atoms with Crippen LogP contribution in [-0.4, -0.2) is 111 Å². The summed E-state index contributed by atoms with van der Waals surface area (Å²) >= 11 is 0. The van der Waals surface area contributed by atoms with Crippen molar-refractivity contribution in [2.24, 2.45) is 17.3 Å². The number of amides is 4. The number of likely N-dealkylation sites (tertiary alicyclic amines) is 2. The van der Waals surface area contributed by atoms with Crippen LogP contribution in [0, 0.1) is 17.3 Å². The van der Waals surface area contributed by atoms with Gasteiger partial charge >= 0.3 is 34.4 Å². The molecule has 2 aliphatic heterocycles. The molecule has 5 aromatic rings. The zero-order valence-corrected chi connectivity index (χ0v) is 40.4. The van der Waals surface area contributed by atoms with Crippen molar-refractivity contribution in [3.05, 3.63) is 83.6 Å². The Morgan fingerprint density at radius 2 is 1.27 bits per heavy atom. The first-order valence-electron chi connectivity index (χ1n) is 23.0. The summed E-state index contributed by atoms with van der Waals surface area (Å²) in [7, 11) is -2.21. The number of benzene rings is 3. The first-order chi connectivity index (χ1) is 33.4. The van der Waals surface area contributed by atoms with Gasteiger partial charge in [-0.2, -0.15) is 26.0 Å². The molecule has 4 heterocycles. The molecule has 23 heteroatoms. The van der Waals surface area contributed by atoms with E-state index in [9.17, 15) is 19.2 Å². The molecule has 18 nitrogen and oxygen atoms in total. The van der Waals surface area contributed by atoms with Crippen molar-refractivity contribution in [1.82, 2.24) is 40.4 Å². The van der Waals surface area contributed by atoms with E-state index in [2.05, 4.69) is 25.6 Å². The summed E-state index contributed by atoms with van der Waals surface area (Å²) in [6, 6.07) is 10.8. The molecular formula is C48H54F4N8O10S. The van der Waals surface area contributed by atoms with Crippen molar-refractivity contribution >= 4 is 45.4 Å². The summed E-state index contributed by atoms with van der Waals surface area (Å²) in [5.74, 6) is -9.23. The van der Waals surface area contributed by atoms with E-state index in [1.54, 1.807) is 40.1 Å². The maximum absolute atomic E-state index is 16.3. The minimum absolute atomic E-state index is 0.0195. The number of halogens is 4. The summed E-state index contributed by atoms with van der Waals surface area (Å²) in [4.78, 5) is 71.0. The van der Waals surface area contributed by atoms with Crippen LogP contribution in [0.25, 0.3) is 44.5 Å². The fourth-order valence-corrected chi connectivity index (χ4v) is 9.92. The van der Waals surface area contributed by atoms with Crippen LogP contribution in [0.1, 0.15) is 94.7 Å². The molecule has 6 N–H and O–H groups in total. The fraction of sp³-hybridized carbons (Fsp3) is 0.458. The molecule has 4 amide bonds. The fourth-order valence-electron chi connectivity index (χ4n) is 9.92. The quantitative estimate of drug-likeness (QED) is 0.0571. The highest BCUT2D eigenvalue weighted by atomic mass is 32.3. The average molecular weight is 1010 g/mol. The number of nitrogens with zero attached hydrogens (tertiary/aromatic N) is 4. The van der Waals surface area contributed by atoms with E-state index in [1.807, 2.05) is 27.7 Å². The van der Waals surface area contributed by atoms with Crippen LogP contribution in [0.2, 0.25) is 0 Å². The Morgan fingerprint density at radius 3 is 1.82 bits per heavy atom. The van der Waals surface area contributed by atoms with E-state index < -0.39 is 69.7 Å². The molecule has 71 heavy (non-hydrogen) atoms. The minimum atomic E-state index is -4.67. The number of imidazole rings is 2. The number of alkyl halides is 4. The Bertz CT molecular complexity index is 3000. The number of carbonyl (C=O) groups is 4. The Hall–Kier alpha value is -6.59. The van der Waals surface area contributed by atoms with Crippen LogP contribution < -0.4 is 10.6 Å². The first kappa shape index (κ1) is 50.8. The molecule has 2 saturated heterocycles.